The second-order valence-electron chi connectivity index (χ2n) is 7.95. The molecule has 0 saturated carbocycles. The molecule has 0 radical (unpaired) electrons. The molecule has 1 atom stereocenters. The Morgan fingerprint density at radius 1 is 1.26 bits per heavy atom. The van der Waals surface area contributed by atoms with Crippen LogP contribution in [0.4, 0.5) is 30.2 Å². The van der Waals surface area contributed by atoms with Crippen molar-refractivity contribution in [3.63, 3.8) is 0 Å². The summed E-state index contributed by atoms with van der Waals surface area (Å²) in [6.07, 6.45) is -4.56. The average Bonchev–Trinajstić information content (AvgIpc) is 3.20. The first-order valence-electron chi connectivity index (χ1n) is 9.41. The lowest BCUT2D eigenvalue weighted by atomic mass is 9.97. The highest BCUT2D eigenvalue weighted by atomic mass is 35.5. The summed E-state index contributed by atoms with van der Waals surface area (Å²) in [5, 5.41) is 12.3. The number of nitrogens with one attached hydrogen (secondary N) is 4. The highest BCUT2D eigenvalue weighted by Crippen LogP contribution is 2.48. The topological polar surface area (TPSA) is 74.4 Å². The number of para-hydroxylation sites is 1. The Morgan fingerprint density at radius 2 is 1.94 bits per heavy atom. The molecule has 0 aromatic heterocycles. The number of anilines is 3. The molecule has 0 saturated heterocycles. The molecule has 0 fully saturated rings. The quantitative estimate of drug-likeness (QED) is 0.488. The summed E-state index contributed by atoms with van der Waals surface area (Å²) in [4.78, 5) is 12.5. The zero-order valence-electron chi connectivity index (χ0n) is 16.5. The van der Waals surface area contributed by atoms with E-state index in [2.05, 4.69) is 16.0 Å². The molecule has 11 heteroatoms. The Morgan fingerprint density at radius 3 is 2.58 bits per heavy atom. The van der Waals surface area contributed by atoms with Gasteiger partial charge in [0, 0.05) is 12.0 Å². The summed E-state index contributed by atoms with van der Waals surface area (Å²) < 4.78 is 43.6. The van der Waals surface area contributed by atoms with Crippen molar-refractivity contribution in [3.8, 4) is 5.75 Å². The first kappa shape index (κ1) is 21.7. The number of fused-ring (bicyclic) bond motifs is 3. The van der Waals surface area contributed by atoms with E-state index in [9.17, 15) is 18.0 Å². The molecule has 2 aromatic carbocycles. The van der Waals surface area contributed by atoms with E-state index in [0.717, 1.165) is 0 Å². The number of halogens is 5. The lowest BCUT2D eigenvalue weighted by Gasteiger charge is -2.19. The summed E-state index contributed by atoms with van der Waals surface area (Å²) in [5.74, 6) is -0.587. The molecule has 2 heterocycles. The van der Waals surface area contributed by atoms with Crippen molar-refractivity contribution >= 4 is 46.2 Å². The summed E-state index contributed by atoms with van der Waals surface area (Å²) in [5.41, 5.74) is 1.90. The van der Waals surface area contributed by atoms with Gasteiger partial charge in [-0.15, -0.1) is 0 Å². The number of alkyl halides is 3. The maximum absolute atomic E-state index is 12.6. The van der Waals surface area contributed by atoms with Crippen LogP contribution in [0.1, 0.15) is 29.8 Å². The summed E-state index contributed by atoms with van der Waals surface area (Å²) in [7, 11) is 0. The monoisotopic (exact) mass is 474 g/mol. The Hall–Kier alpha value is -2.52. The smallest absolute Gasteiger partial charge is 0.405 e. The fourth-order valence-corrected chi connectivity index (χ4v) is 4.16. The number of carbonyl (C=O) groups is 1. The third-order valence-corrected chi connectivity index (χ3v) is 5.52. The van der Waals surface area contributed by atoms with E-state index < -0.39 is 30.5 Å². The summed E-state index contributed by atoms with van der Waals surface area (Å²) >= 11 is 12.4. The van der Waals surface area contributed by atoms with Crippen molar-refractivity contribution in [2.45, 2.75) is 38.3 Å². The van der Waals surface area contributed by atoms with Gasteiger partial charge in [0.2, 0.25) is 0 Å². The molecule has 4 N–H and O–H groups in total. The average molecular weight is 475 g/mol. The minimum Gasteiger partial charge on any atom is -0.486 e. The molecule has 1 unspecified atom stereocenters. The van der Waals surface area contributed by atoms with Crippen molar-refractivity contribution in [2.24, 2.45) is 0 Å². The Labute approximate surface area is 186 Å². The van der Waals surface area contributed by atoms with Gasteiger partial charge in [-0.3, -0.25) is 4.79 Å². The van der Waals surface area contributed by atoms with Gasteiger partial charge < -0.3 is 26.0 Å². The largest absolute Gasteiger partial charge is 0.486 e. The van der Waals surface area contributed by atoms with Gasteiger partial charge in [-0.2, -0.15) is 13.2 Å². The van der Waals surface area contributed by atoms with Crippen LogP contribution in [0, 0.1) is 0 Å². The molecule has 6 nitrogen and oxygen atoms in total. The first-order chi connectivity index (χ1) is 14.4. The van der Waals surface area contributed by atoms with Crippen LogP contribution in [-0.4, -0.2) is 30.5 Å². The molecule has 1 amide bonds. The lowest BCUT2D eigenvalue weighted by molar-refractivity contribution is -0.123. The zero-order chi connectivity index (χ0) is 22.6. The zero-order valence-corrected chi connectivity index (χ0v) is 18.0. The number of carbonyl (C=O) groups excluding carboxylic acids is 1. The number of hydrogen-bond acceptors (Lipinski definition) is 5. The van der Waals surface area contributed by atoms with Crippen molar-refractivity contribution in [1.82, 2.24) is 5.32 Å². The van der Waals surface area contributed by atoms with E-state index in [1.165, 1.54) is 6.07 Å². The van der Waals surface area contributed by atoms with Gasteiger partial charge in [0.25, 0.3) is 5.91 Å². The number of rotatable bonds is 4. The van der Waals surface area contributed by atoms with Crippen LogP contribution in [-0.2, 0) is 6.42 Å². The van der Waals surface area contributed by atoms with E-state index in [-0.39, 0.29) is 11.3 Å². The maximum Gasteiger partial charge on any atom is 0.405 e. The maximum atomic E-state index is 12.6. The van der Waals surface area contributed by atoms with Crippen LogP contribution in [0.2, 0.25) is 10.0 Å². The Kier molecular flexibility index (Phi) is 5.29. The van der Waals surface area contributed by atoms with Crippen molar-refractivity contribution in [2.75, 3.05) is 22.5 Å². The minimum atomic E-state index is -4.52. The molecule has 166 valence electrons. The van der Waals surface area contributed by atoms with Gasteiger partial charge in [-0.25, -0.2) is 0 Å². The van der Waals surface area contributed by atoms with Crippen LogP contribution >= 0.6 is 23.2 Å². The van der Waals surface area contributed by atoms with Crippen LogP contribution in [0.25, 0.3) is 0 Å². The molecule has 31 heavy (non-hydrogen) atoms. The minimum absolute atomic E-state index is 0.0364. The molecule has 2 aromatic rings. The predicted octanol–water partition coefficient (Wildman–Crippen LogP) is 5.23. The third kappa shape index (κ3) is 4.43. The van der Waals surface area contributed by atoms with Crippen LogP contribution < -0.4 is 26.0 Å². The van der Waals surface area contributed by atoms with Gasteiger partial charge in [-0.1, -0.05) is 29.3 Å². The third-order valence-electron chi connectivity index (χ3n) is 4.89. The van der Waals surface area contributed by atoms with Gasteiger partial charge in [0.15, 0.2) is 6.29 Å². The van der Waals surface area contributed by atoms with E-state index >= 15 is 0 Å². The lowest BCUT2D eigenvalue weighted by Crippen LogP contribution is -2.34. The van der Waals surface area contributed by atoms with Crippen LogP contribution in [0.5, 0.6) is 5.75 Å². The SMILES string of the molecule is CC1(C)Cc2c3c(cc(C(=O)NCC(F)(F)F)c2O1)NC(Nc1c(Cl)cccc1Cl)N3. The number of benzene rings is 2. The molecular formula is C20H19Cl2F3N4O2. The molecule has 4 rings (SSSR count). The predicted molar refractivity (Wildman–Crippen MR) is 114 cm³/mol. The van der Waals surface area contributed by atoms with Crippen molar-refractivity contribution in [1.29, 1.82) is 0 Å². The fourth-order valence-electron chi connectivity index (χ4n) is 3.66. The highest BCUT2D eigenvalue weighted by molar-refractivity contribution is 6.39. The second-order valence-corrected chi connectivity index (χ2v) is 8.77. The van der Waals surface area contributed by atoms with Crippen LogP contribution in [0.3, 0.4) is 0 Å². The molecule has 2 aliphatic heterocycles. The molecule has 0 bridgehead atoms. The van der Waals surface area contributed by atoms with E-state index in [4.69, 9.17) is 27.9 Å². The Balaban J connectivity index is 1.64. The molecular weight excluding hydrogens is 456 g/mol. The number of hydrogen-bond donors (Lipinski definition) is 4. The van der Waals surface area contributed by atoms with Crippen molar-refractivity contribution < 1.29 is 22.7 Å². The van der Waals surface area contributed by atoms with E-state index in [0.29, 0.717) is 39.1 Å². The Bertz CT molecular complexity index is 1040. The molecule has 0 spiro atoms. The standard InChI is InChI=1S/C20H19Cl2F3N4O2/c1-19(2)7-10-14-13(6-9(16(10)31-19)17(30)26-8-20(23,24)25)27-18(28-14)29-15-11(21)4-3-5-12(15)22/h3-6,18,27-29H,7-8H2,1-2H3,(H,26,30). The van der Waals surface area contributed by atoms with Gasteiger partial charge in [-0.05, 0) is 32.0 Å². The first-order valence-corrected chi connectivity index (χ1v) is 10.2. The number of amides is 1. The highest BCUT2D eigenvalue weighted by Gasteiger charge is 2.39. The van der Waals surface area contributed by atoms with Gasteiger partial charge in [0.1, 0.15) is 17.9 Å². The second kappa shape index (κ2) is 7.56. The molecule has 0 aliphatic carbocycles. The van der Waals surface area contributed by atoms with Crippen molar-refractivity contribution in [3.05, 3.63) is 45.4 Å². The van der Waals surface area contributed by atoms with E-state index in [1.54, 1.807) is 18.2 Å². The molecule has 2 aliphatic rings. The fraction of sp³-hybridized carbons (Fsp3) is 0.350. The summed E-state index contributed by atoms with van der Waals surface area (Å²) in [6, 6.07) is 6.58. The van der Waals surface area contributed by atoms with Crippen LogP contribution in [0.15, 0.2) is 24.3 Å². The van der Waals surface area contributed by atoms with E-state index in [1.807, 2.05) is 19.2 Å². The van der Waals surface area contributed by atoms with Gasteiger partial charge in [0.05, 0.1) is 32.7 Å². The summed E-state index contributed by atoms with van der Waals surface area (Å²) in [6.45, 7) is 2.26. The number of ether oxygens (including phenoxy) is 1. The van der Waals surface area contributed by atoms with Gasteiger partial charge >= 0.3 is 6.18 Å². The normalized spacial score (nSPS) is 18.4.